The second-order valence-electron chi connectivity index (χ2n) is 5.57. The number of nitro groups is 1. The molecule has 0 radical (unpaired) electrons. The minimum Gasteiger partial charge on any atom is -0.363 e. The van der Waals surface area contributed by atoms with Crippen molar-refractivity contribution in [3.05, 3.63) is 34.1 Å². The zero-order valence-corrected chi connectivity index (χ0v) is 11.9. The maximum absolute atomic E-state index is 13.4. The van der Waals surface area contributed by atoms with Crippen molar-refractivity contribution in [2.75, 3.05) is 37.6 Å². The highest BCUT2D eigenvalue weighted by atomic mass is 19.1. The van der Waals surface area contributed by atoms with E-state index in [0.717, 1.165) is 25.7 Å². The van der Waals surface area contributed by atoms with Gasteiger partial charge in [-0.05, 0) is 12.0 Å². The lowest BCUT2D eigenvalue weighted by molar-refractivity contribution is -0.384. The van der Waals surface area contributed by atoms with Crippen LogP contribution in [0.25, 0.3) is 0 Å². The van der Waals surface area contributed by atoms with E-state index in [9.17, 15) is 14.5 Å². The van der Waals surface area contributed by atoms with Gasteiger partial charge in [0.1, 0.15) is 11.5 Å². The highest BCUT2D eigenvalue weighted by molar-refractivity contribution is 5.63. The molecular formula is C14H20FN3O2. The van der Waals surface area contributed by atoms with Crippen LogP contribution in [0.15, 0.2) is 18.2 Å². The van der Waals surface area contributed by atoms with Crippen molar-refractivity contribution < 1.29 is 9.31 Å². The molecule has 0 saturated carbocycles. The lowest BCUT2D eigenvalue weighted by Crippen LogP contribution is -2.47. The lowest BCUT2D eigenvalue weighted by Gasteiger charge is -2.36. The molecule has 0 aromatic heterocycles. The summed E-state index contributed by atoms with van der Waals surface area (Å²) < 4.78 is 13.4. The first-order chi connectivity index (χ1) is 9.47. The number of nitro benzene ring substituents is 1. The third-order valence-corrected chi connectivity index (χ3v) is 3.47. The topological polar surface area (TPSA) is 49.6 Å². The van der Waals surface area contributed by atoms with E-state index in [0.29, 0.717) is 24.7 Å². The molecule has 6 heteroatoms. The van der Waals surface area contributed by atoms with Crippen molar-refractivity contribution in [3.8, 4) is 0 Å². The van der Waals surface area contributed by atoms with Crippen LogP contribution < -0.4 is 4.90 Å². The van der Waals surface area contributed by atoms with Crippen LogP contribution in [0, 0.1) is 21.8 Å². The first-order valence-electron chi connectivity index (χ1n) is 6.88. The summed E-state index contributed by atoms with van der Waals surface area (Å²) in [4.78, 5) is 14.8. The second kappa shape index (κ2) is 6.17. The van der Waals surface area contributed by atoms with Gasteiger partial charge in [0, 0.05) is 44.9 Å². The Balaban J connectivity index is 2.10. The van der Waals surface area contributed by atoms with E-state index in [1.807, 2.05) is 4.90 Å². The number of benzene rings is 1. The maximum atomic E-state index is 13.4. The minimum atomic E-state index is -0.449. The molecule has 0 unspecified atom stereocenters. The van der Waals surface area contributed by atoms with Crippen molar-refractivity contribution in [1.82, 2.24) is 4.90 Å². The monoisotopic (exact) mass is 281 g/mol. The molecule has 1 aliphatic rings. The fourth-order valence-corrected chi connectivity index (χ4v) is 2.59. The Hall–Kier alpha value is -1.69. The summed E-state index contributed by atoms with van der Waals surface area (Å²) in [5.41, 5.74) is 0.364. The Bertz CT molecular complexity index is 485. The highest BCUT2D eigenvalue weighted by Gasteiger charge is 2.24. The Morgan fingerprint density at radius 2 is 1.95 bits per heavy atom. The highest BCUT2D eigenvalue weighted by Crippen LogP contribution is 2.29. The predicted molar refractivity (Wildman–Crippen MR) is 76.5 cm³/mol. The third kappa shape index (κ3) is 3.45. The van der Waals surface area contributed by atoms with Crippen LogP contribution in [0.5, 0.6) is 0 Å². The van der Waals surface area contributed by atoms with E-state index in [1.165, 1.54) is 12.1 Å². The van der Waals surface area contributed by atoms with E-state index in [2.05, 4.69) is 18.7 Å². The van der Waals surface area contributed by atoms with Gasteiger partial charge in [-0.2, -0.15) is 0 Å². The van der Waals surface area contributed by atoms with Crippen LogP contribution in [-0.2, 0) is 0 Å². The van der Waals surface area contributed by atoms with Gasteiger partial charge in [-0.1, -0.05) is 13.8 Å². The van der Waals surface area contributed by atoms with Crippen molar-refractivity contribution in [2.45, 2.75) is 13.8 Å². The molecular weight excluding hydrogens is 261 g/mol. The molecule has 110 valence electrons. The number of anilines is 1. The molecule has 0 N–H and O–H groups in total. The van der Waals surface area contributed by atoms with Gasteiger partial charge in [0.2, 0.25) is 0 Å². The van der Waals surface area contributed by atoms with Gasteiger partial charge >= 0.3 is 0 Å². The normalized spacial score (nSPS) is 16.7. The average Bonchev–Trinajstić information content (AvgIpc) is 2.38. The molecule has 0 aliphatic carbocycles. The molecule has 20 heavy (non-hydrogen) atoms. The van der Waals surface area contributed by atoms with Crippen LogP contribution in [-0.4, -0.2) is 42.5 Å². The van der Waals surface area contributed by atoms with E-state index >= 15 is 0 Å². The summed E-state index contributed by atoms with van der Waals surface area (Å²) in [5, 5.41) is 11.0. The summed E-state index contributed by atoms with van der Waals surface area (Å²) in [7, 11) is 0. The third-order valence-electron chi connectivity index (χ3n) is 3.47. The number of hydrogen-bond acceptors (Lipinski definition) is 4. The fourth-order valence-electron chi connectivity index (χ4n) is 2.59. The molecule has 1 fully saturated rings. The number of nitrogens with zero attached hydrogens (tertiary/aromatic N) is 3. The molecule has 1 aromatic carbocycles. The van der Waals surface area contributed by atoms with Gasteiger partial charge in [-0.25, -0.2) is 4.39 Å². The summed E-state index contributed by atoms with van der Waals surface area (Å²) in [6, 6.07) is 3.64. The predicted octanol–water partition coefficient (Wildman–Crippen LogP) is 2.51. The van der Waals surface area contributed by atoms with Gasteiger partial charge in [0.05, 0.1) is 4.92 Å². The van der Waals surface area contributed by atoms with Crippen LogP contribution in [0.4, 0.5) is 15.8 Å². The summed E-state index contributed by atoms with van der Waals surface area (Å²) in [6.45, 7) is 8.46. The van der Waals surface area contributed by atoms with Gasteiger partial charge in [-0.15, -0.1) is 0 Å². The summed E-state index contributed by atoms with van der Waals surface area (Å²) in [6.07, 6.45) is 0. The average molecular weight is 281 g/mol. The standard InChI is InChI=1S/C14H20FN3O2/c1-11(2)10-16-5-7-17(8-6-16)14-9-12(15)3-4-13(14)18(19)20/h3-4,9,11H,5-8,10H2,1-2H3. The Morgan fingerprint density at radius 3 is 2.50 bits per heavy atom. The molecule has 1 saturated heterocycles. The van der Waals surface area contributed by atoms with Gasteiger partial charge in [-0.3, -0.25) is 15.0 Å². The largest absolute Gasteiger partial charge is 0.363 e. The molecule has 1 heterocycles. The molecule has 0 spiro atoms. The smallest absolute Gasteiger partial charge is 0.292 e. The van der Waals surface area contributed by atoms with E-state index < -0.39 is 10.7 Å². The van der Waals surface area contributed by atoms with Crippen molar-refractivity contribution in [2.24, 2.45) is 5.92 Å². The second-order valence-corrected chi connectivity index (χ2v) is 5.57. The van der Waals surface area contributed by atoms with Gasteiger partial charge in [0.25, 0.3) is 5.69 Å². The Kier molecular flexibility index (Phi) is 4.54. The Morgan fingerprint density at radius 1 is 1.30 bits per heavy atom. The number of hydrogen-bond donors (Lipinski definition) is 0. The molecule has 2 rings (SSSR count). The van der Waals surface area contributed by atoms with Crippen LogP contribution in [0.2, 0.25) is 0 Å². The Labute approximate surface area is 118 Å². The zero-order valence-electron chi connectivity index (χ0n) is 11.9. The van der Waals surface area contributed by atoms with Gasteiger partial charge in [0.15, 0.2) is 0 Å². The number of rotatable bonds is 4. The molecule has 0 bridgehead atoms. The molecule has 5 nitrogen and oxygen atoms in total. The van der Waals surface area contributed by atoms with Crippen LogP contribution >= 0.6 is 0 Å². The summed E-state index contributed by atoms with van der Waals surface area (Å²) in [5.74, 6) is 0.167. The zero-order chi connectivity index (χ0) is 14.7. The molecule has 1 aliphatic heterocycles. The van der Waals surface area contributed by atoms with Crippen molar-refractivity contribution in [1.29, 1.82) is 0 Å². The minimum absolute atomic E-state index is 0.0243. The molecule has 1 aromatic rings. The quantitative estimate of drug-likeness (QED) is 0.628. The first-order valence-corrected chi connectivity index (χ1v) is 6.88. The lowest BCUT2D eigenvalue weighted by atomic mass is 10.1. The first kappa shape index (κ1) is 14.7. The van der Waals surface area contributed by atoms with Gasteiger partial charge < -0.3 is 4.90 Å². The van der Waals surface area contributed by atoms with E-state index in [4.69, 9.17) is 0 Å². The van der Waals surface area contributed by atoms with Crippen molar-refractivity contribution >= 4 is 11.4 Å². The number of piperazine rings is 1. The molecule has 0 atom stereocenters. The SMILES string of the molecule is CC(C)CN1CCN(c2cc(F)ccc2[N+](=O)[O-])CC1. The van der Waals surface area contributed by atoms with E-state index in [1.54, 1.807) is 0 Å². The van der Waals surface area contributed by atoms with Crippen LogP contribution in [0.1, 0.15) is 13.8 Å². The van der Waals surface area contributed by atoms with Crippen LogP contribution in [0.3, 0.4) is 0 Å². The maximum Gasteiger partial charge on any atom is 0.292 e. The van der Waals surface area contributed by atoms with E-state index in [-0.39, 0.29) is 5.69 Å². The fraction of sp³-hybridized carbons (Fsp3) is 0.571. The number of halogens is 1. The summed E-state index contributed by atoms with van der Waals surface area (Å²) >= 11 is 0. The van der Waals surface area contributed by atoms with Crippen molar-refractivity contribution in [3.63, 3.8) is 0 Å². The molecule has 0 amide bonds.